The fourth-order valence-corrected chi connectivity index (χ4v) is 1.75. The number of nitrogen functional groups attached to an aromatic ring is 2. The van der Waals surface area contributed by atoms with Gasteiger partial charge in [0.25, 0.3) is 0 Å². The molecule has 0 unspecified atom stereocenters. The van der Waals surface area contributed by atoms with Crippen LogP contribution in [0.3, 0.4) is 0 Å². The van der Waals surface area contributed by atoms with Crippen LogP contribution in [0.1, 0.15) is 16.1 Å². The number of nitrogens with zero attached hydrogens (tertiary/aromatic N) is 2. The largest absolute Gasteiger partial charge is 0.476 e. The minimum absolute atomic E-state index is 0.209. The number of anilines is 2. The first-order valence-corrected chi connectivity index (χ1v) is 5.54. The molecule has 21 heavy (non-hydrogen) atoms. The molecule has 5 N–H and O–H groups in total. The summed E-state index contributed by atoms with van der Waals surface area (Å²) in [5, 5.41) is 8.92. The SMILES string of the molecule is Cc1c(-c2nc(C(=O)O)c(N)nc2N)cc(F)c(F)c1F. The van der Waals surface area contributed by atoms with Gasteiger partial charge in [0.05, 0.1) is 0 Å². The minimum Gasteiger partial charge on any atom is -0.476 e. The molecular formula is C12H9F3N4O2. The zero-order chi connectivity index (χ0) is 15.9. The highest BCUT2D eigenvalue weighted by Crippen LogP contribution is 2.31. The molecule has 1 aromatic carbocycles. The Morgan fingerprint density at radius 3 is 2.33 bits per heavy atom. The average molecular weight is 298 g/mol. The third-order valence-electron chi connectivity index (χ3n) is 2.81. The Morgan fingerprint density at radius 2 is 1.76 bits per heavy atom. The van der Waals surface area contributed by atoms with E-state index in [2.05, 4.69) is 9.97 Å². The molecule has 0 saturated heterocycles. The van der Waals surface area contributed by atoms with E-state index in [0.717, 1.165) is 0 Å². The van der Waals surface area contributed by atoms with Crippen LogP contribution in [0.4, 0.5) is 24.8 Å². The van der Waals surface area contributed by atoms with Gasteiger partial charge in [-0.05, 0) is 18.6 Å². The van der Waals surface area contributed by atoms with Crippen molar-refractivity contribution in [2.75, 3.05) is 11.5 Å². The predicted octanol–water partition coefficient (Wildman–Crippen LogP) is 1.73. The van der Waals surface area contributed by atoms with Crippen molar-refractivity contribution in [3.63, 3.8) is 0 Å². The quantitative estimate of drug-likeness (QED) is 0.727. The van der Waals surface area contributed by atoms with Gasteiger partial charge in [0.2, 0.25) is 0 Å². The van der Waals surface area contributed by atoms with Crippen LogP contribution < -0.4 is 11.5 Å². The second-order valence-electron chi connectivity index (χ2n) is 4.16. The number of carboxylic acids is 1. The highest BCUT2D eigenvalue weighted by molar-refractivity contribution is 5.92. The van der Waals surface area contributed by atoms with Crippen LogP contribution in [0.25, 0.3) is 11.3 Å². The molecule has 2 aromatic rings. The van der Waals surface area contributed by atoms with Crippen molar-refractivity contribution in [2.24, 2.45) is 0 Å². The number of carbonyl (C=O) groups is 1. The van der Waals surface area contributed by atoms with Crippen molar-refractivity contribution < 1.29 is 23.1 Å². The van der Waals surface area contributed by atoms with E-state index in [-0.39, 0.29) is 22.6 Å². The third-order valence-corrected chi connectivity index (χ3v) is 2.81. The van der Waals surface area contributed by atoms with Crippen LogP contribution >= 0.6 is 0 Å². The maximum absolute atomic E-state index is 13.6. The van der Waals surface area contributed by atoms with Crippen molar-refractivity contribution in [1.29, 1.82) is 0 Å². The highest BCUT2D eigenvalue weighted by Gasteiger charge is 2.22. The number of aromatic carboxylic acids is 1. The van der Waals surface area contributed by atoms with E-state index in [1.54, 1.807) is 0 Å². The number of benzene rings is 1. The third kappa shape index (κ3) is 2.33. The lowest BCUT2D eigenvalue weighted by atomic mass is 10.0. The summed E-state index contributed by atoms with van der Waals surface area (Å²) in [6.45, 7) is 1.17. The molecule has 1 heterocycles. The standard InChI is InChI=1S/C12H9F3N4O2/c1-3-4(2-5(13)7(15)6(3)14)8-10(16)19-11(17)9(18-8)12(20)21/h2H,1H3,(H,20,21)(H4,16,17,19). The molecule has 0 bridgehead atoms. The summed E-state index contributed by atoms with van der Waals surface area (Å²) in [5.74, 6) is -6.77. The first kappa shape index (κ1) is 14.6. The van der Waals surface area contributed by atoms with E-state index in [4.69, 9.17) is 16.6 Å². The van der Waals surface area contributed by atoms with Gasteiger partial charge in [-0.2, -0.15) is 0 Å². The van der Waals surface area contributed by atoms with Crippen LogP contribution in [-0.4, -0.2) is 21.0 Å². The van der Waals surface area contributed by atoms with Crippen molar-refractivity contribution >= 4 is 17.6 Å². The van der Waals surface area contributed by atoms with E-state index in [9.17, 15) is 18.0 Å². The van der Waals surface area contributed by atoms with Crippen molar-refractivity contribution in [3.05, 3.63) is 34.8 Å². The van der Waals surface area contributed by atoms with Gasteiger partial charge in [0, 0.05) is 5.56 Å². The van der Waals surface area contributed by atoms with Gasteiger partial charge in [0.15, 0.2) is 34.8 Å². The Hall–Kier alpha value is -2.84. The Balaban J connectivity index is 2.79. The summed E-state index contributed by atoms with van der Waals surface area (Å²) in [7, 11) is 0. The van der Waals surface area contributed by atoms with Gasteiger partial charge in [-0.15, -0.1) is 0 Å². The number of aromatic nitrogens is 2. The summed E-state index contributed by atoms with van der Waals surface area (Å²) < 4.78 is 40.0. The molecule has 6 nitrogen and oxygen atoms in total. The van der Waals surface area contributed by atoms with Crippen LogP contribution in [0.2, 0.25) is 0 Å². The maximum Gasteiger partial charge on any atom is 0.358 e. The molecular weight excluding hydrogens is 289 g/mol. The number of rotatable bonds is 2. The number of nitrogens with two attached hydrogens (primary N) is 2. The van der Waals surface area contributed by atoms with E-state index in [1.165, 1.54) is 6.92 Å². The summed E-state index contributed by atoms with van der Waals surface area (Å²) in [4.78, 5) is 18.2. The molecule has 1 aromatic heterocycles. The number of halogens is 3. The number of carboxylic acid groups (broad SMARTS) is 1. The molecule has 0 amide bonds. The van der Waals surface area contributed by atoms with Gasteiger partial charge in [0.1, 0.15) is 5.69 Å². The van der Waals surface area contributed by atoms with E-state index in [1.807, 2.05) is 0 Å². The van der Waals surface area contributed by atoms with Crippen LogP contribution in [0.15, 0.2) is 6.07 Å². The fraction of sp³-hybridized carbons (Fsp3) is 0.0833. The Morgan fingerprint density at radius 1 is 1.14 bits per heavy atom. The Kier molecular flexibility index (Phi) is 3.42. The molecule has 0 aliphatic carbocycles. The molecule has 110 valence electrons. The molecule has 9 heteroatoms. The fourth-order valence-electron chi connectivity index (χ4n) is 1.75. The van der Waals surface area contributed by atoms with E-state index >= 15 is 0 Å². The molecule has 2 rings (SSSR count). The lowest BCUT2D eigenvalue weighted by Crippen LogP contribution is -2.12. The molecule has 0 aliphatic heterocycles. The molecule has 0 aliphatic rings. The monoisotopic (exact) mass is 298 g/mol. The lowest BCUT2D eigenvalue weighted by molar-refractivity contribution is 0.0691. The van der Waals surface area contributed by atoms with Gasteiger partial charge in [-0.3, -0.25) is 0 Å². The normalized spacial score (nSPS) is 10.7. The first-order chi connectivity index (χ1) is 9.73. The van der Waals surface area contributed by atoms with Crippen LogP contribution in [-0.2, 0) is 0 Å². The van der Waals surface area contributed by atoms with Gasteiger partial charge in [-0.25, -0.2) is 27.9 Å². The van der Waals surface area contributed by atoms with E-state index < -0.39 is 34.9 Å². The van der Waals surface area contributed by atoms with Gasteiger partial charge < -0.3 is 16.6 Å². The summed E-state index contributed by atoms with van der Waals surface area (Å²) in [6.07, 6.45) is 0. The zero-order valence-electron chi connectivity index (χ0n) is 10.6. The smallest absolute Gasteiger partial charge is 0.358 e. The zero-order valence-corrected chi connectivity index (χ0v) is 10.6. The average Bonchev–Trinajstić information content (AvgIpc) is 2.41. The first-order valence-electron chi connectivity index (χ1n) is 5.54. The highest BCUT2D eigenvalue weighted by atomic mass is 19.2. The minimum atomic E-state index is -1.64. The van der Waals surface area contributed by atoms with Gasteiger partial charge in [-0.1, -0.05) is 0 Å². The topological polar surface area (TPSA) is 115 Å². The number of hydrogen-bond donors (Lipinski definition) is 3. The summed E-state index contributed by atoms with van der Waals surface area (Å²) in [6, 6.07) is 0.663. The lowest BCUT2D eigenvalue weighted by Gasteiger charge is -2.11. The van der Waals surface area contributed by atoms with Crippen LogP contribution in [0, 0.1) is 24.4 Å². The Labute approximate surface area is 116 Å². The number of hydrogen-bond acceptors (Lipinski definition) is 5. The molecule has 0 saturated carbocycles. The van der Waals surface area contributed by atoms with Crippen molar-refractivity contribution in [3.8, 4) is 11.3 Å². The summed E-state index contributed by atoms with van der Waals surface area (Å²) >= 11 is 0. The van der Waals surface area contributed by atoms with Crippen molar-refractivity contribution in [2.45, 2.75) is 6.92 Å². The molecule has 0 fully saturated rings. The van der Waals surface area contributed by atoms with Crippen molar-refractivity contribution in [1.82, 2.24) is 9.97 Å². The predicted molar refractivity (Wildman–Crippen MR) is 67.9 cm³/mol. The van der Waals surface area contributed by atoms with E-state index in [0.29, 0.717) is 6.07 Å². The van der Waals surface area contributed by atoms with Gasteiger partial charge >= 0.3 is 5.97 Å². The Bertz CT molecular complexity index is 765. The summed E-state index contributed by atoms with van der Waals surface area (Å²) in [5.41, 5.74) is 9.49. The molecule has 0 atom stereocenters. The maximum atomic E-state index is 13.6. The second-order valence-corrected chi connectivity index (χ2v) is 4.16. The molecule has 0 spiro atoms. The van der Waals surface area contributed by atoms with Crippen LogP contribution in [0.5, 0.6) is 0 Å². The molecule has 0 radical (unpaired) electrons. The second kappa shape index (κ2) is 4.93.